The van der Waals surface area contributed by atoms with Gasteiger partial charge in [0.25, 0.3) is 5.91 Å². The molecule has 6 aromatic rings. The Morgan fingerprint density at radius 2 is 1.89 bits per heavy atom. The molecule has 0 saturated heterocycles. The van der Waals surface area contributed by atoms with Crippen LogP contribution >= 0.6 is 0 Å². The molecule has 0 saturated carbocycles. The molecule has 186 valence electrons. The van der Waals surface area contributed by atoms with Gasteiger partial charge in [0.1, 0.15) is 17.2 Å². The van der Waals surface area contributed by atoms with E-state index in [1.54, 1.807) is 24.7 Å². The van der Waals surface area contributed by atoms with E-state index in [0.717, 1.165) is 22.5 Å². The molecule has 38 heavy (non-hydrogen) atoms. The van der Waals surface area contributed by atoms with E-state index in [-0.39, 0.29) is 18.0 Å². The Kier molecular flexibility index (Phi) is 5.81. The first-order valence-electron chi connectivity index (χ1n) is 11.8. The topological polar surface area (TPSA) is 127 Å². The average molecular weight is 505 g/mol. The highest BCUT2D eigenvalue weighted by atomic mass is 19.1. The van der Waals surface area contributed by atoms with E-state index in [1.165, 1.54) is 18.2 Å². The number of carbonyl (C=O) groups is 1. The van der Waals surface area contributed by atoms with Crippen molar-refractivity contribution < 1.29 is 9.18 Å². The van der Waals surface area contributed by atoms with E-state index in [1.807, 2.05) is 53.1 Å². The van der Waals surface area contributed by atoms with Gasteiger partial charge in [0.05, 0.1) is 17.5 Å². The van der Waals surface area contributed by atoms with Crippen LogP contribution in [0.2, 0.25) is 0 Å². The van der Waals surface area contributed by atoms with Crippen molar-refractivity contribution in [3.05, 3.63) is 108 Å². The molecule has 4 aromatic heterocycles. The Morgan fingerprint density at radius 3 is 2.66 bits per heavy atom. The molecule has 0 aliphatic rings. The van der Waals surface area contributed by atoms with Gasteiger partial charge in [-0.15, -0.1) is 0 Å². The van der Waals surface area contributed by atoms with Crippen molar-refractivity contribution in [2.24, 2.45) is 0 Å². The van der Waals surface area contributed by atoms with Crippen LogP contribution in [0.5, 0.6) is 0 Å². The van der Waals surface area contributed by atoms with Crippen LogP contribution in [0.1, 0.15) is 15.9 Å². The number of aromatic nitrogens is 6. The SMILES string of the molecule is Nc1ncccc1-c1nc2ccc(-c3cn[nH]c3)nc2n1-c1ccc(CNC(=O)c2cccc(F)c2)cc1. The quantitative estimate of drug-likeness (QED) is 0.306. The van der Waals surface area contributed by atoms with Gasteiger partial charge in [-0.3, -0.25) is 14.5 Å². The van der Waals surface area contributed by atoms with E-state index in [4.69, 9.17) is 15.7 Å². The molecule has 0 radical (unpaired) electrons. The van der Waals surface area contributed by atoms with Crippen LogP contribution in [0.3, 0.4) is 0 Å². The number of aromatic amines is 1. The summed E-state index contributed by atoms with van der Waals surface area (Å²) in [5.74, 6) is 0.161. The standard InChI is InChI=1S/C28H21FN8O/c29-20-4-1-3-18(13-20)28(38)32-14-17-6-8-21(9-7-17)37-26(22-5-2-12-31-25(22)30)36-24-11-10-23(35-27(24)37)19-15-33-34-16-19/h1-13,15-16H,14H2,(H2,30,31)(H,32,38)(H,33,34). The van der Waals surface area contributed by atoms with Gasteiger partial charge in [0.15, 0.2) is 11.5 Å². The summed E-state index contributed by atoms with van der Waals surface area (Å²) in [6.07, 6.45) is 5.12. The molecule has 0 aliphatic carbocycles. The number of pyridine rings is 2. The third-order valence-electron chi connectivity index (χ3n) is 6.11. The lowest BCUT2D eigenvalue weighted by molar-refractivity contribution is 0.0950. The van der Waals surface area contributed by atoms with Gasteiger partial charge in [-0.05, 0) is 60.2 Å². The molecular weight excluding hydrogens is 483 g/mol. The highest BCUT2D eigenvalue weighted by Gasteiger charge is 2.19. The first-order valence-corrected chi connectivity index (χ1v) is 11.8. The minimum Gasteiger partial charge on any atom is -0.383 e. The van der Waals surface area contributed by atoms with Crippen LogP contribution in [0, 0.1) is 5.82 Å². The van der Waals surface area contributed by atoms with Gasteiger partial charge in [-0.25, -0.2) is 19.3 Å². The van der Waals surface area contributed by atoms with Crippen LogP contribution in [-0.4, -0.2) is 35.6 Å². The fourth-order valence-electron chi connectivity index (χ4n) is 4.22. The largest absolute Gasteiger partial charge is 0.383 e. The lowest BCUT2D eigenvalue weighted by atomic mass is 10.1. The number of nitrogen functional groups attached to an aromatic ring is 1. The Balaban J connectivity index is 1.37. The number of hydrogen-bond donors (Lipinski definition) is 3. The van der Waals surface area contributed by atoms with Gasteiger partial charge >= 0.3 is 0 Å². The number of nitrogens with zero attached hydrogens (tertiary/aromatic N) is 5. The molecule has 0 bridgehead atoms. The number of benzene rings is 2. The zero-order chi connectivity index (χ0) is 26.1. The molecule has 0 atom stereocenters. The van der Waals surface area contributed by atoms with Crippen molar-refractivity contribution in [1.29, 1.82) is 0 Å². The Hall–Kier alpha value is -5.38. The number of carbonyl (C=O) groups excluding carboxylic acids is 1. The summed E-state index contributed by atoms with van der Waals surface area (Å²) in [6, 6.07) is 20.7. The predicted octanol–water partition coefficient (Wildman–Crippen LogP) is 4.52. The molecule has 2 aromatic carbocycles. The summed E-state index contributed by atoms with van der Waals surface area (Å²) in [6.45, 7) is 0.283. The smallest absolute Gasteiger partial charge is 0.251 e. The number of anilines is 1. The Morgan fingerprint density at radius 1 is 1.03 bits per heavy atom. The summed E-state index contributed by atoms with van der Waals surface area (Å²) in [7, 11) is 0. The summed E-state index contributed by atoms with van der Waals surface area (Å²) in [5.41, 5.74) is 11.8. The lowest BCUT2D eigenvalue weighted by Gasteiger charge is -2.12. The summed E-state index contributed by atoms with van der Waals surface area (Å²) >= 11 is 0. The van der Waals surface area contributed by atoms with Crippen LogP contribution in [-0.2, 0) is 6.54 Å². The van der Waals surface area contributed by atoms with E-state index in [9.17, 15) is 9.18 Å². The zero-order valence-corrected chi connectivity index (χ0v) is 20.0. The maximum atomic E-state index is 13.5. The highest BCUT2D eigenvalue weighted by Crippen LogP contribution is 2.31. The fraction of sp³-hybridized carbons (Fsp3) is 0.0357. The molecule has 0 spiro atoms. The first kappa shape index (κ1) is 23.0. The number of amides is 1. The Bertz CT molecular complexity index is 1760. The summed E-state index contributed by atoms with van der Waals surface area (Å²) in [5, 5.41) is 9.66. The van der Waals surface area contributed by atoms with E-state index < -0.39 is 5.82 Å². The maximum absolute atomic E-state index is 13.5. The number of H-pyrrole nitrogens is 1. The first-order chi connectivity index (χ1) is 18.6. The monoisotopic (exact) mass is 504 g/mol. The van der Waals surface area contributed by atoms with Crippen molar-refractivity contribution in [3.63, 3.8) is 0 Å². The minimum atomic E-state index is -0.454. The predicted molar refractivity (Wildman–Crippen MR) is 142 cm³/mol. The fourth-order valence-corrected chi connectivity index (χ4v) is 4.22. The Labute approximate surface area is 216 Å². The molecule has 4 heterocycles. The van der Waals surface area contributed by atoms with E-state index >= 15 is 0 Å². The second-order valence-corrected chi connectivity index (χ2v) is 8.59. The third kappa shape index (κ3) is 4.35. The van der Waals surface area contributed by atoms with Crippen LogP contribution in [0.4, 0.5) is 10.2 Å². The number of hydrogen-bond acceptors (Lipinski definition) is 6. The molecule has 0 fully saturated rings. The maximum Gasteiger partial charge on any atom is 0.251 e. The number of nitrogens with one attached hydrogen (secondary N) is 2. The van der Waals surface area contributed by atoms with Crippen molar-refractivity contribution in [1.82, 2.24) is 35.0 Å². The third-order valence-corrected chi connectivity index (χ3v) is 6.11. The molecular formula is C28H21FN8O. The zero-order valence-electron chi connectivity index (χ0n) is 20.0. The molecule has 0 unspecified atom stereocenters. The van der Waals surface area contributed by atoms with Crippen molar-refractivity contribution in [2.75, 3.05) is 5.73 Å². The minimum absolute atomic E-state index is 0.268. The van der Waals surface area contributed by atoms with Crippen LogP contribution < -0.4 is 11.1 Å². The second-order valence-electron chi connectivity index (χ2n) is 8.59. The van der Waals surface area contributed by atoms with Gasteiger partial charge in [-0.1, -0.05) is 18.2 Å². The van der Waals surface area contributed by atoms with E-state index in [2.05, 4.69) is 20.5 Å². The summed E-state index contributed by atoms with van der Waals surface area (Å²) < 4.78 is 15.4. The van der Waals surface area contributed by atoms with Gasteiger partial charge < -0.3 is 11.1 Å². The van der Waals surface area contributed by atoms with Crippen molar-refractivity contribution in [3.8, 4) is 28.3 Å². The lowest BCUT2D eigenvalue weighted by Crippen LogP contribution is -2.22. The number of imidazole rings is 1. The second kappa shape index (κ2) is 9.58. The average Bonchev–Trinajstić information content (AvgIpc) is 3.60. The number of nitrogens with two attached hydrogens (primary N) is 1. The van der Waals surface area contributed by atoms with Crippen molar-refractivity contribution in [2.45, 2.75) is 6.54 Å². The van der Waals surface area contributed by atoms with Crippen LogP contribution in [0.25, 0.3) is 39.5 Å². The van der Waals surface area contributed by atoms with Gasteiger partial charge in [0.2, 0.25) is 0 Å². The number of fused-ring (bicyclic) bond motifs is 1. The highest BCUT2D eigenvalue weighted by molar-refractivity contribution is 5.94. The van der Waals surface area contributed by atoms with Crippen LogP contribution in [0.15, 0.2) is 91.4 Å². The molecule has 0 aliphatic heterocycles. The van der Waals surface area contributed by atoms with E-state index in [0.29, 0.717) is 28.4 Å². The molecule has 4 N–H and O–H groups in total. The molecule has 9 nitrogen and oxygen atoms in total. The normalized spacial score (nSPS) is 11.1. The van der Waals surface area contributed by atoms with Crippen molar-refractivity contribution >= 4 is 22.9 Å². The molecule has 1 amide bonds. The summed E-state index contributed by atoms with van der Waals surface area (Å²) in [4.78, 5) is 26.4. The molecule has 6 rings (SSSR count). The number of rotatable bonds is 6. The number of halogens is 1. The van der Waals surface area contributed by atoms with Gasteiger partial charge in [-0.2, -0.15) is 5.10 Å². The molecule has 10 heteroatoms. The van der Waals surface area contributed by atoms with Gasteiger partial charge in [0, 0.05) is 35.8 Å².